The molecule has 0 aliphatic rings. The van der Waals surface area contributed by atoms with Crippen molar-refractivity contribution >= 4 is 11.6 Å². The molecule has 0 aliphatic heterocycles. The average molecular weight is 596 g/mol. The van der Waals surface area contributed by atoms with E-state index in [9.17, 15) is 22.8 Å². The second-order valence-electron chi connectivity index (χ2n) is 8.79. The molecule has 10 nitrogen and oxygen atoms in total. The van der Waals surface area contributed by atoms with Gasteiger partial charge in [-0.05, 0) is 25.1 Å². The summed E-state index contributed by atoms with van der Waals surface area (Å²) >= 11 is 6.02. The van der Waals surface area contributed by atoms with Crippen molar-refractivity contribution < 1.29 is 36.6 Å². The number of ether oxygens (including phenoxy) is 1. The number of hydrogen-bond acceptors (Lipinski definition) is 6. The Morgan fingerprint density at radius 2 is 1.93 bits per heavy atom. The van der Waals surface area contributed by atoms with E-state index in [0.29, 0.717) is 16.2 Å². The van der Waals surface area contributed by atoms with E-state index in [1.807, 2.05) is 0 Å². The first-order valence-electron chi connectivity index (χ1n) is 12.0. The lowest BCUT2D eigenvalue weighted by Crippen LogP contribution is -2.38. The van der Waals surface area contributed by atoms with Gasteiger partial charge in [-0.1, -0.05) is 16.8 Å². The van der Waals surface area contributed by atoms with E-state index in [1.165, 1.54) is 35.1 Å². The topological polar surface area (TPSA) is 99.7 Å². The van der Waals surface area contributed by atoms with Gasteiger partial charge >= 0.3 is 6.61 Å². The van der Waals surface area contributed by atoms with E-state index in [4.69, 9.17) is 11.6 Å². The molecule has 0 fully saturated rings. The first-order chi connectivity index (χ1) is 19.6. The normalized spacial score (nSPS) is 12.5. The molecule has 0 unspecified atom stereocenters. The Labute approximate surface area is 233 Å². The van der Waals surface area contributed by atoms with E-state index in [-0.39, 0.29) is 40.6 Å². The van der Waals surface area contributed by atoms with Crippen LogP contribution >= 0.6 is 11.6 Å². The van der Waals surface area contributed by atoms with Gasteiger partial charge in [0.2, 0.25) is 6.20 Å². The molecule has 1 aromatic carbocycles. The van der Waals surface area contributed by atoms with Gasteiger partial charge in [0.15, 0.2) is 5.82 Å². The number of alkyl halides is 4. The van der Waals surface area contributed by atoms with Gasteiger partial charge in [-0.3, -0.25) is 9.89 Å². The van der Waals surface area contributed by atoms with Gasteiger partial charge < -0.3 is 9.30 Å². The van der Waals surface area contributed by atoms with Gasteiger partial charge in [0.1, 0.15) is 17.6 Å². The zero-order chi connectivity index (χ0) is 29.3. The number of aromatic nitrogens is 8. The Morgan fingerprint density at radius 3 is 2.59 bits per heavy atom. The van der Waals surface area contributed by atoms with E-state index >= 15 is 4.39 Å². The standard InChI is InChI=1S/C25H21ClF5N8O2/c1-14-32-7-8-36(14)16-10-33-37(12-16)19(6-9-41-25(30)31)20-4-2-15(11-39(20)40)22-21(5-3-17(26)23(22)27)38-13-18(24(28)29)34-35-38/h2-5,7-8,10-13,19,24-25,40H,6,9H2,1H3/q+1/t19-/m1/s1. The lowest BCUT2D eigenvalue weighted by Gasteiger charge is -2.15. The molecule has 0 amide bonds. The average Bonchev–Trinajstić information content (AvgIpc) is 3.69. The summed E-state index contributed by atoms with van der Waals surface area (Å²) in [6.07, 6.45) is 5.75. The summed E-state index contributed by atoms with van der Waals surface area (Å²) in [6.45, 7) is -1.56. The summed E-state index contributed by atoms with van der Waals surface area (Å²) in [5, 5.41) is 22.2. The SMILES string of the molecule is Cc1nccn1-c1cnn([C@H](CCOC(F)F)c2ccc(-c3c(-n4cc(C(F)F)nn4)ccc(Cl)c3F)c[n+]2O)c1. The molecule has 214 valence electrons. The smallest absolute Gasteiger partial charge is 0.323 e. The van der Waals surface area contributed by atoms with E-state index < -0.39 is 30.6 Å². The minimum absolute atomic E-state index is 0.0135. The third-order valence-electron chi connectivity index (χ3n) is 6.29. The van der Waals surface area contributed by atoms with E-state index in [1.54, 1.807) is 36.3 Å². The first-order valence-corrected chi connectivity index (χ1v) is 12.4. The molecule has 4 heterocycles. The molecular weight excluding hydrogens is 575 g/mol. The van der Waals surface area contributed by atoms with Gasteiger partial charge in [0.05, 0.1) is 46.5 Å². The van der Waals surface area contributed by atoms with Crippen molar-refractivity contribution in [1.29, 1.82) is 0 Å². The number of halogens is 6. The molecular formula is C25H21ClF5N8O2+. The van der Waals surface area contributed by atoms with Crippen LogP contribution in [0, 0.1) is 12.7 Å². The number of benzene rings is 1. The second kappa shape index (κ2) is 11.6. The molecule has 0 aliphatic carbocycles. The van der Waals surface area contributed by atoms with Crippen molar-refractivity contribution in [2.75, 3.05) is 6.61 Å². The van der Waals surface area contributed by atoms with Gasteiger partial charge in [0.25, 0.3) is 12.1 Å². The lowest BCUT2D eigenvalue weighted by molar-refractivity contribution is -0.910. The second-order valence-corrected chi connectivity index (χ2v) is 9.20. The molecule has 41 heavy (non-hydrogen) atoms. The van der Waals surface area contributed by atoms with Crippen molar-refractivity contribution in [2.24, 2.45) is 0 Å². The minimum Gasteiger partial charge on any atom is -0.323 e. The predicted molar refractivity (Wildman–Crippen MR) is 133 cm³/mol. The first kappa shape index (κ1) is 28.2. The maximum absolute atomic E-state index is 15.3. The third-order valence-corrected chi connectivity index (χ3v) is 6.58. The molecule has 5 rings (SSSR count). The Balaban J connectivity index is 1.55. The van der Waals surface area contributed by atoms with Gasteiger partial charge in [-0.2, -0.15) is 13.9 Å². The van der Waals surface area contributed by atoms with Crippen molar-refractivity contribution in [3.05, 3.63) is 89.5 Å². The van der Waals surface area contributed by atoms with Gasteiger partial charge in [-0.25, -0.2) is 22.8 Å². The van der Waals surface area contributed by atoms with Crippen molar-refractivity contribution in [3.63, 3.8) is 0 Å². The highest BCUT2D eigenvalue weighted by Crippen LogP contribution is 2.34. The highest BCUT2D eigenvalue weighted by molar-refractivity contribution is 6.31. The zero-order valence-corrected chi connectivity index (χ0v) is 21.9. The molecule has 0 saturated carbocycles. The fraction of sp³-hybridized carbons (Fsp3) is 0.240. The van der Waals surface area contributed by atoms with Crippen LogP contribution < -0.4 is 4.73 Å². The highest BCUT2D eigenvalue weighted by Gasteiger charge is 2.29. The number of pyridine rings is 1. The number of hydrogen-bond donors (Lipinski definition) is 1. The van der Waals surface area contributed by atoms with Crippen LogP contribution in [0.2, 0.25) is 5.02 Å². The summed E-state index contributed by atoms with van der Waals surface area (Å²) in [5.74, 6) is -0.198. The van der Waals surface area contributed by atoms with Crippen molar-refractivity contribution in [3.8, 4) is 22.5 Å². The lowest BCUT2D eigenvalue weighted by atomic mass is 10.0. The number of nitrogens with zero attached hydrogens (tertiary/aromatic N) is 8. The Bertz CT molecular complexity index is 1670. The molecule has 0 saturated heterocycles. The van der Waals surface area contributed by atoms with Crippen LogP contribution in [0.4, 0.5) is 22.0 Å². The molecule has 1 N–H and O–H groups in total. The van der Waals surface area contributed by atoms with Crippen molar-refractivity contribution in [2.45, 2.75) is 32.4 Å². The fourth-order valence-corrected chi connectivity index (χ4v) is 4.53. The molecule has 0 spiro atoms. The van der Waals surface area contributed by atoms with Gasteiger partial charge in [0, 0.05) is 35.8 Å². The van der Waals surface area contributed by atoms with Crippen LogP contribution in [0.1, 0.15) is 36.1 Å². The molecule has 0 radical (unpaired) electrons. The number of imidazole rings is 1. The summed E-state index contributed by atoms with van der Waals surface area (Å²) in [6, 6.07) is 4.71. The minimum atomic E-state index is -2.99. The highest BCUT2D eigenvalue weighted by atomic mass is 35.5. The molecule has 5 aromatic rings. The maximum Gasteiger partial charge on any atom is 0.345 e. The maximum atomic E-state index is 15.3. The van der Waals surface area contributed by atoms with Crippen molar-refractivity contribution in [1.82, 2.24) is 34.3 Å². The van der Waals surface area contributed by atoms with E-state index in [0.717, 1.165) is 10.9 Å². The Morgan fingerprint density at radius 1 is 1.12 bits per heavy atom. The summed E-state index contributed by atoms with van der Waals surface area (Å²) in [4.78, 5) is 4.17. The van der Waals surface area contributed by atoms with Crippen LogP contribution in [0.15, 0.2) is 61.4 Å². The van der Waals surface area contributed by atoms with Crippen LogP contribution in [0.25, 0.3) is 22.5 Å². The number of aryl methyl sites for hydroxylation is 1. The van der Waals surface area contributed by atoms with E-state index in [2.05, 4.69) is 25.1 Å². The largest absolute Gasteiger partial charge is 0.345 e. The van der Waals surface area contributed by atoms with Gasteiger partial charge in [-0.15, -0.1) is 5.10 Å². The third kappa shape index (κ3) is 5.76. The molecule has 4 aromatic heterocycles. The summed E-state index contributed by atoms with van der Waals surface area (Å²) < 4.78 is 76.3. The van der Waals surface area contributed by atoms with Crippen LogP contribution in [0.3, 0.4) is 0 Å². The molecule has 0 bridgehead atoms. The van der Waals surface area contributed by atoms with Crippen LogP contribution in [0.5, 0.6) is 0 Å². The Kier molecular flexibility index (Phi) is 7.99. The molecule has 16 heteroatoms. The van der Waals surface area contributed by atoms with Crippen LogP contribution in [-0.4, -0.2) is 52.8 Å². The molecule has 1 atom stereocenters. The quantitative estimate of drug-likeness (QED) is 0.137. The summed E-state index contributed by atoms with van der Waals surface area (Å²) in [7, 11) is 0. The summed E-state index contributed by atoms with van der Waals surface area (Å²) in [5.41, 5.74) is 0.228. The monoisotopic (exact) mass is 595 g/mol. The predicted octanol–water partition coefficient (Wildman–Crippen LogP) is 5.10. The zero-order valence-electron chi connectivity index (χ0n) is 21.1. The van der Waals surface area contributed by atoms with Crippen LogP contribution in [-0.2, 0) is 4.74 Å². The number of rotatable bonds is 10. The Hall–Kier alpha value is -4.37. The fourth-order valence-electron chi connectivity index (χ4n) is 4.37.